The van der Waals surface area contributed by atoms with Crippen LogP contribution in [0.1, 0.15) is 39.9 Å². The molecule has 5 rings (SSSR count). The molecule has 0 saturated heterocycles. The number of aromatic nitrogens is 1. The fraction of sp³-hybridized carbons (Fsp3) is 0.308. The van der Waals surface area contributed by atoms with Crippen molar-refractivity contribution >= 4 is 38.8 Å². The van der Waals surface area contributed by atoms with E-state index in [0.29, 0.717) is 18.7 Å². The van der Waals surface area contributed by atoms with Crippen LogP contribution in [0.25, 0.3) is 10.2 Å². The van der Waals surface area contributed by atoms with Gasteiger partial charge in [0, 0.05) is 17.8 Å². The van der Waals surface area contributed by atoms with Crippen LogP contribution in [0.5, 0.6) is 11.5 Å². The molecular weight excluding hydrogens is 452 g/mol. The third-order valence-corrected chi connectivity index (χ3v) is 8.15. The molecule has 0 bridgehead atoms. The van der Waals surface area contributed by atoms with Crippen molar-refractivity contribution in [2.24, 2.45) is 0 Å². The van der Waals surface area contributed by atoms with Crippen molar-refractivity contribution in [1.29, 1.82) is 0 Å². The van der Waals surface area contributed by atoms with E-state index in [1.54, 1.807) is 36.9 Å². The van der Waals surface area contributed by atoms with E-state index in [1.807, 2.05) is 35.2 Å². The largest absolute Gasteiger partial charge is 0.493 e. The number of hydrogen-bond donors (Lipinski definition) is 0. The second-order valence-corrected chi connectivity index (χ2v) is 10.2. The van der Waals surface area contributed by atoms with E-state index in [2.05, 4.69) is 23.6 Å². The molecule has 1 aliphatic heterocycles. The molecule has 7 heteroatoms. The van der Waals surface area contributed by atoms with Crippen LogP contribution >= 0.6 is 22.7 Å². The highest BCUT2D eigenvalue weighted by atomic mass is 32.1. The summed E-state index contributed by atoms with van der Waals surface area (Å²) in [5, 5.41) is 3.17. The van der Waals surface area contributed by atoms with Gasteiger partial charge in [-0.1, -0.05) is 18.2 Å². The summed E-state index contributed by atoms with van der Waals surface area (Å²) in [6, 6.07) is 16.4. The van der Waals surface area contributed by atoms with E-state index < -0.39 is 0 Å². The van der Waals surface area contributed by atoms with Crippen LogP contribution in [-0.4, -0.2) is 36.6 Å². The fourth-order valence-corrected chi connectivity index (χ4v) is 6.39. The second-order valence-electron chi connectivity index (χ2n) is 8.09. The van der Waals surface area contributed by atoms with Gasteiger partial charge in [0.2, 0.25) is 5.91 Å². The van der Waals surface area contributed by atoms with Gasteiger partial charge in [0.05, 0.1) is 35.5 Å². The molecule has 0 saturated carbocycles. The van der Waals surface area contributed by atoms with Gasteiger partial charge in [0.25, 0.3) is 0 Å². The highest BCUT2D eigenvalue weighted by Crippen LogP contribution is 2.42. The minimum Gasteiger partial charge on any atom is -0.493 e. The Kier molecular flexibility index (Phi) is 6.33. The Morgan fingerprint density at radius 3 is 2.70 bits per heavy atom. The predicted molar refractivity (Wildman–Crippen MR) is 134 cm³/mol. The molecule has 2 aromatic heterocycles. The van der Waals surface area contributed by atoms with Gasteiger partial charge >= 0.3 is 0 Å². The minimum absolute atomic E-state index is 0.0940. The molecule has 0 aliphatic carbocycles. The zero-order chi connectivity index (χ0) is 22.8. The van der Waals surface area contributed by atoms with Crippen LogP contribution in [0.4, 0.5) is 0 Å². The normalized spacial score (nSPS) is 15.5. The van der Waals surface area contributed by atoms with E-state index in [-0.39, 0.29) is 11.9 Å². The average molecular weight is 479 g/mol. The number of thiazole rings is 1. The Labute approximate surface area is 201 Å². The Balaban J connectivity index is 1.36. The van der Waals surface area contributed by atoms with E-state index in [4.69, 9.17) is 14.5 Å². The van der Waals surface area contributed by atoms with Crippen LogP contribution < -0.4 is 9.47 Å². The molecule has 3 heterocycles. The van der Waals surface area contributed by atoms with Crippen molar-refractivity contribution in [1.82, 2.24) is 9.88 Å². The number of para-hydroxylation sites is 1. The summed E-state index contributed by atoms with van der Waals surface area (Å²) in [6.07, 6.45) is 2.94. The lowest BCUT2D eigenvalue weighted by Gasteiger charge is -2.37. The van der Waals surface area contributed by atoms with Gasteiger partial charge in [-0.2, -0.15) is 0 Å². The highest BCUT2D eigenvalue weighted by Gasteiger charge is 2.33. The lowest BCUT2D eigenvalue weighted by molar-refractivity contribution is -0.133. The van der Waals surface area contributed by atoms with Gasteiger partial charge in [-0.3, -0.25) is 4.79 Å². The quantitative estimate of drug-likeness (QED) is 0.333. The monoisotopic (exact) mass is 478 g/mol. The van der Waals surface area contributed by atoms with Crippen LogP contribution in [0.2, 0.25) is 0 Å². The van der Waals surface area contributed by atoms with Gasteiger partial charge in [-0.05, 0) is 66.1 Å². The molecule has 0 radical (unpaired) electrons. The van der Waals surface area contributed by atoms with Gasteiger partial charge in [-0.15, -0.1) is 22.7 Å². The molecule has 1 atom stereocenters. The molecule has 1 aliphatic rings. The first-order valence-electron chi connectivity index (χ1n) is 11.1. The number of carbonyl (C=O) groups excluding carboxylic acids is 1. The van der Waals surface area contributed by atoms with Crippen molar-refractivity contribution in [2.75, 3.05) is 20.8 Å². The first-order valence-corrected chi connectivity index (χ1v) is 12.8. The zero-order valence-electron chi connectivity index (χ0n) is 18.7. The average Bonchev–Trinajstić information content (AvgIpc) is 3.52. The Hall–Kier alpha value is -2.90. The summed E-state index contributed by atoms with van der Waals surface area (Å²) in [6.45, 7) is 0.699. The van der Waals surface area contributed by atoms with Crippen LogP contribution in [0.3, 0.4) is 0 Å². The lowest BCUT2D eigenvalue weighted by Crippen LogP contribution is -2.40. The van der Waals surface area contributed by atoms with Gasteiger partial charge in [0.1, 0.15) is 0 Å². The number of amides is 1. The van der Waals surface area contributed by atoms with Crippen molar-refractivity contribution in [3.63, 3.8) is 0 Å². The summed E-state index contributed by atoms with van der Waals surface area (Å²) < 4.78 is 12.3. The van der Waals surface area contributed by atoms with Crippen LogP contribution in [0.15, 0.2) is 53.9 Å². The second kappa shape index (κ2) is 9.53. The number of methoxy groups -OCH3 is 2. The number of fused-ring (bicyclic) bond motifs is 2. The molecule has 2 aromatic carbocycles. The smallest absolute Gasteiger partial charge is 0.223 e. The molecule has 0 N–H and O–H groups in total. The summed E-state index contributed by atoms with van der Waals surface area (Å²) in [4.78, 5) is 21.3. The predicted octanol–water partition coefficient (Wildman–Crippen LogP) is 5.87. The molecule has 170 valence electrons. The maximum atomic E-state index is 13.4. The summed E-state index contributed by atoms with van der Waals surface area (Å²) in [7, 11) is 3.31. The molecule has 0 fully saturated rings. The number of ether oxygens (including phenoxy) is 2. The van der Waals surface area contributed by atoms with Crippen LogP contribution in [0, 0.1) is 0 Å². The molecular formula is C26H26N2O3S2. The number of rotatable bonds is 7. The fourth-order valence-electron chi connectivity index (χ4n) is 4.53. The third-order valence-electron chi connectivity index (χ3n) is 6.13. The minimum atomic E-state index is -0.0940. The molecule has 33 heavy (non-hydrogen) atoms. The first kappa shape index (κ1) is 21.9. The first-order chi connectivity index (χ1) is 16.2. The number of hydrogen-bond acceptors (Lipinski definition) is 6. The van der Waals surface area contributed by atoms with Crippen molar-refractivity contribution in [2.45, 2.75) is 31.7 Å². The van der Waals surface area contributed by atoms with E-state index in [1.165, 1.54) is 15.1 Å². The van der Waals surface area contributed by atoms with Gasteiger partial charge in [0.15, 0.2) is 11.5 Å². The maximum absolute atomic E-state index is 13.4. The number of benzene rings is 2. The van der Waals surface area contributed by atoms with Gasteiger partial charge in [-0.25, -0.2) is 4.98 Å². The van der Waals surface area contributed by atoms with Crippen molar-refractivity contribution in [3.8, 4) is 11.5 Å². The summed E-state index contributed by atoms with van der Waals surface area (Å²) in [5.74, 6) is 1.62. The molecule has 4 aromatic rings. The lowest BCUT2D eigenvalue weighted by atomic mass is 9.90. The van der Waals surface area contributed by atoms with Gasteiger partial charge < -0.3 is 14.4 Å². The molecule has 0 unspecified atom stereocenters. The topological polar surface area (TPSA) is 51.7 Å². The zero-order valence-corrected chi connectivity index (χ0v) is 20.4. The molecule has 5 nitrogen and oxygen atoms in total. The molecule has 1 amide bonds. The number of aryl methyl sites for hydroxylation is 1. The molecule has 0 spiro atoms. The standard InChI is InChI=1S/C26H26N2O3S2/c1-30-20-15-17-12-13-28(26(23-9-6-14-32-23)18(17)16-21(20)31-2)25(29)11-5-10-24-27-19-7-3-4-8-22(19)33-24/h3-4,6-9,14-16,26H,5,10-13H2,1-2H3/t26-/m1/s1. The number of carbonyl (C=O) groups is 1. The van der Waals surface area contributed by atoms with E-state index in [0.717, 1.165) is 41.1 Å². The van der Waals surface area contributed by atoms with Crippen molar-refractivity contribution < 1.29 is 14.3 Å². The maximum Gasteiger partial charge on any atom is 0.223 e. The summed E-state index contributed by atoms with van der Waals surface area (Å²) in [5.41, 5.74) is 3.38. The highest BCUT2D eigenvalue weighted by molar-refractivity contribution is 7.18. The van der Waals surface area contributed by atoms with E-state index >= 15 is 0 Å². The van der Waals surface area contributed by atoms with Crippen LogP contribution in [-0.2, 0) is 17.6 Å². The Morgan fingerprint density at radius 2 is 1.94 bits per heavy atom. The number of thiophene rings is 1. The SMILES string of the molecule is COc1cc2c(cc1OC)[C@H](c1cccs1)N(C(=O)CCCc1nc3ccccc3s1)CC2. The summed E-state index contributed by atoms with van der Waals surface area (Å²) >= 11 is 3.41. The third kappa shape index (κ3) is 4.35. The van der Waals surface area contributed by atoms with E-state index in [9.17, 15) is 4.79 Å². The number of nitrogens with zero attached hydrogens (tertiary/aromatic N) is 2. The Morgan fingerprint density at radius 1 is 1.12 bits per heavy atom. The van der Waals surface area contributed by atoms with Crippen molar-refractivity contribution in [3.05, 3.63) is 74.9 Å². The Bertz CT molecular complexity index is 1230.